The summed E-state index contributed by atoms with van der Waals surface area (Å²) < 4.78 is 5.25. The maximum Gasteiger partial charge on any atom is 0.121 e. The minimum atomic E-state index is -0.437. The van der Waals surface area contributed by atoms with Crippen LogP contribution in [0.2, 0.25) is 0 Å². The van der Waals surface area contributed by atoms with Gasteiger partial charge in [0.25, 0.3) is 0 Å². The normalized spacial score (nSPS) is 19.0. The molecule has 20 heavy (non-hydrogen) atoms. The number of nitrogens with two attached hydrogens (primary N) is 1. The average molecular weight is 300 g/mol. The number of aliphatic hydroxyl groups is 1. The fourth-order valence-electron chi connectivity index (χ4n) is 3.08. The fourth-order valence-corrected chi connectivity index (χ4v) is 3.08. The summed E-state index contributed by atoms with van der Waals surface area (Å²) in [6.45, 7) is 2.00. The molecule has 0 heterocycles. The van der Waals surface area contributed by atoms with Crippen molar-refractivity contribution in [3.05, 3.63) is 29.3 Å². The molecule has 3 nitrogen and oxygen atoms in total. The fraction of sp³-hybridized carbons (Fsp3) is 0.625. The van der Waals surface area contributed by atoms with E-state index in [9.17, 15) is 5.11 Å². The van der Waals surface area contributed by atoms with Gasteiger partial charge < -0.3 is 15.6 Å². The summed E-state index contributed by atoms with van der Waals surface area (Å²) in [6.07, 6.45) is 5.49. The molecule has 1 aromatic carbocycles. The third-order valence-corrected chi connectivity index (χ3v) is 4.30. The summed E-state index contributed by atoms with van der Waals surface area (Å²) in [5.74, 6) is 1.22. The van der Waals surface area contributed by atoms with Gasteiger partial charge in [-0.3, -0.25) is 0 Å². The molecule has 0 unspecified atom stereocenters. The van der Waals surface area contributed by atoms with Crippen LogP contribution in [0.1, 0.15) is 49.3 Å². The summed E-state index contributed by atoms with van der Waals surface area (Å²) in [5, 5.41) is 10.5. The van der Waals surface area contributed by atoms with E-state index in [0.717, 1.165) is 29.7 Å². The van der Waals surface area contributed by atoms with Crippen molar-refractivity contribution in [2.24, 2.45) is 11.7 Å². The molecule has 1 aromatic rings. The highest BCUT2D eigenvalue weighted by molar-refractivity contribution is 5.85. The number of methoxy groups -OCH3 is 1. The zero-order valence-electron chi connectivity index (χ0n) is 12.3. The van der Waals surface area contributed by atoms with Gasteiger partial charge in [0.2, 0.25) is 0 Å². The second-order valence-electron chi connectivity index (χ2n) is 5.64. The Kier molecular flexibility index (Phi) is 6.80. The summed E-state index contributed by atoms with van der Waals surface area (Å²) in [7, 11) is 1.67. The van der Waals surface area contributed by atoms with Crippen LogP contribution in [-0.4, -0.2) is 18.3 Å². The Morgan fingerprint density at radius 2 is 1.90 bits per heavy atom. The van der Waals surface area contributed by atoms with Crippen LogP contribution < -0.4 is 10.5 Å². The minimum Gasteiger partial charge on any atom is -0.496 e. The third kappa shape index (κ3) is 3.87. The lowest BCUT2D eigenvalue weighted by Gasteiger charge is -2.30. The summed E-state index contributed by atoms with van der Waals surface area (Å²) >= 11 is 0. The van der Waals surface area contributed by atoms with Gasteiger partial charge in [0.1, 0.15) is 5.75 Å². The molecule has 1 aliphatic carbocycles. The molecule has 4 heteroatoms. The Morgan fingerprint density at radius 1 is 1.25 bits per heavy atom. The molecule has 0 amide bonds. The molecule has 1 saturated carbocycles. The van der Waals surface area contributed by atoms with E-state index in [1.165, 1.54) is 19.3 Å². The standard InChI is InChI=1S/C16H25NO2.ClH/c1-11-10-13(8-9-14(11)19-2)15(17)16(18)12-6-4-3-5-7-12;/h8-10,12,15-16,18H,3-7,17H2,1-2H3;1H/t15-,16+;/m0./s1. The first-order valence-corrected chi connectivity index (χ1v) is 7.21. The maximum atomic E-state index is 10.5. The lowest BCUT2D eigenvalue weighted by atomic mass is 9.81. The van der Waals surface area contributed by atoms with Gasteiger partial charge in [0.15, 0.2) is 0 Å². The number of ether oxygens (including phenoxy) is 1. The Bertz CT molecular complexity index is 419. The second-order valence-corrected chi connectivity index (χ2v) is 5.64. The largest absolute Gasteiger partial charge is 0.496 e. The molecule has 0 radical (unpaired) electrons. The lowest BCUT2D eigenvalue weighted by molar-refractivity contribution is 0.0618. The van der Waals surface area contributed by atoms with E-state index in [4.69, 9.17) is 10.5 Å². The molecule has 0 spiro atoms. The Morgan fingerprint density at radius 3 is 2.45 bits per heavy atom. The second kappa shape index (κ2) is 7.87. The van der Waals surface area contributed by atoms with E-state index in [1.54, 1.807) is 7.11 Å². The summed E-state index contributed by atoms with van der Waals surface area (Å²) in [6, 6.07) is 5.61. The lowest BCUT2D eigenvalue weighted by Crippen LogP contribution is -2.34. The van der Waals surface area contributed by atoms with Crippen LogP contribution in [0, 0.1) is 12.8 Å². The Labute approximate surface area is 127 Å². The van der Waals surface area contributed by atoms with Crippen molar-refractivity contribution >= 4 is 12.4 Å². The van der Waals surface area contributed by atoms with E-state index in [0.29, 0.717) is 5.92 Å². The van der Waals surface area contributed by atoms with Gasteiger partial charge in [-0.05, 0) is 42.9 Å². The smallest absolute Gasteiger partial charge is 0.121 e. The van der Waals surface area contributed by atoms with Crippen LogP contribution in [-0.2, 0) is 0 Å². The molecule has 0 aromatic heterocycles. The number of halogens is 1. The van der Waals surface area contributed by atoms with Crippen LogP contribution in [0.4, 0.5) is 0 Å². The Balaban J connectivity index is 0.00000200. The van der Waals surface area contributed by atoms with E-state index >= 15 is 0 Å². The first-order chi connectivity index (χ1) is 9.13. The van der Waals surface area contributed by atoms with Crippen LogP contribution in [0.15, 0.2) is 18.2 Å². The minimum absolute atomic E-state index is 0. The zero-order chi connectivity index (χ0) is 13.8. The first kappa shape index (κ1) is 17.3. The molecular weight excluding hydrogens is 274 g/mol. The van der Waals surface area contributed by atoms with Crippen LogP contribution in [0.5, 0.6) is 5.75 Å². The number of aryl methyl sites for hydroxylation is 1. The van der Waals surface area contributed by atoms with Gasteiger partial charge in [-0.1, -0.05) is 31.4 Å². The molecule has 2 rings (SSSR count). The van der Waals surface area contributed by atoms with E-state index in [-0.39, 0.29) is 18.4 Å². The van der Waals surface area contributed by atoms with Crippen LogP contribution in [0.25, 0.3) is 0 Å². The quantitative estimate of drug-likeness (QED) is 0.896. The highest BCUT2D eigenvalue weighted by Crippen LogP contribution is 2.32. The summed E-state index contributed by atoms with van der Waals surface area (Å²) in [4.78, 5) is 0. The molecule has 2 atom stereocenters. The highest BCUT2D eigenvalue weighted by atomic mass is 35.5. The van der Waals surface area contributed by atoms with Crippen molar-refractivity contribution in [3.63, 3.8) is 0 Å². The molecule has 114 valence electrons. The molecule has 0 aliphatic heterocycles. The van der Waals surface area contributed by atoms with Gasteiger partial charge in [0.05, 0.1) is 19.3 Å². The first-order valence-electron chi connectivity index (χ1n) is 7.21. The van der Waals surface area contributed by atoms with Gasteiger partial charge >= 0.3 is 0 Å². The molecule has 3 N–H and O–H groups in total. The number of aliphatic hydroxyl groups excluding tert-OH is 1. The van der Waals surface area contributed by atoms with Crippen LogP contribution in [0.3, 0.4) is 0 Å². The topological polar surface area (TPSA) is 55.5 Å². The van der Waals surface area contributed by atoms with Gasteiger partial charge in [-0.15, -0.1) is 12.4 Å². The van der Waals surface area contributed by atoms with Crippen molar-refractivity contribution in [1.29, 1.82) is 0 Å². The van der Waals surface area contributed by atoms with Crippen molar-refractivity contribution in [2.75, 3.05) is 7.11 Å². The van der Waals surface area contributed by atoms with Crippen LogP contribution >= 0.6 is 12.4 Å². The van der Waals surface area contributed by atoms with Crippen molar-refractivity contribution in [1.82, 2.24) is 0 Å². The van der Waals surface area contributed by atoms with Gasteiger partial charge in [-0.2, -0.15) is 0 Å². The van der Waals surface area contributed by atoms with Crippen molar-refractivity contribution in [3.8, 4) is 5.75 Å². The molecule has 0 bridgehead atoms. The Hall–Kier alpha value is -0.770. The average Bonchev–Trinajstić information content (AvgIpc) is 2.46. The third-order valence-electron chi connectivity index (χ3n) is 4.30. The number of hydrogen-bond donors (Lipinski definition) is 2. The predicted octanol–water partition coefficient (Wildman–Crippen LogP) is 3.37. The highest BCUT2D eigenvalue weighted by Gasteiger charge is 2.27. The molecule has 1 fully saturated rings. The number of hydrogen-bond acceptors (Lipinski definition) is 3. The summed E-state index contributed by atoms with van der Waals surface area (Å²) in [5.41, 5.74) is 8.30. The molecular formula is C16H26ClNO2. The van der Waals surface area contributed by atoms with Gasteiger partial charge in [-0.25, -0.2) is 0 Å². The van der Waals surface area contributed by atoms with Crippen molar-refractivity contribution < 1.29 is 9.84 Å². The molecule has 0 saturated heterocycles. The number of rotatable bonds is 4. The monoisotopic (exact) mass is 299 g/mol. The van der Waals surface area contributed by atoms with E-state index in [1.807, 2.05) is 25.1 Å². The van der Waals surface area contributed by atoms with E-state index < -0.39 is 6.10 Å². The number of benzene rings is 1. The van der Waals surface area contributed by atoms with Crippen molar-refractivity contribution in [2.45, 2.75) is 51.2 Å². The predicted molar refractivity (Wildman–Crippen MR) is 84.5 cm³/mol. The maximum absolute atomic E-state index is 10.5. The zero-order valence-corrected chi connectivity index (χ0v) is 13.2. The molecule has 1 aliphatic rings. The SMILES string of the molecule is COc1ccc([C@H](N)[C@H](O)C2CCCCC2)cc1C.Cl. The van der Waals surface area contributed by atoms with Gasteiger partial charge in [0, 0.05) is 0 Å². The van der Waals surface area contributed by atoms with E-state index in [2.05, 4.69) is 0 Å².